The molecule has 1 heterocycles. The van der Waals surface area contributed by atoms with Crippen molar-refractivity contribution in [3.63, 3.8) is 0 Å². The molecule has 1 aromatic heterocycles. The highest BCUT2D eigenvalue weighted by Gasteiger charge is 2.12. The minimum Gasteiger partial charge on any atom is -0.366 e. The fraction of sp³-hybridized carbons (Fsp3) is 0.333. The number of aryl methyl sites for hydroxylation is 2. The first kappa shape index (κ1) is 14.5. The molecule has 0 aliphatic carbocycles. The van der Waals surface area contributed by atoms with Crippen molar-refractivity contribution in [2.45, 2.75) is 27.3 Å². The van der Waals surface area contributed by atoms with E-state index in [1.165, 1.54) is 11.1 Å². The van der Waals surface area contributed by atoms with Gasteiger partial charge in [-0.05, 0) is 38.6 Å². The lowest BCUT2D eigenvalue weighted by atomic mass is 10.1. The molecule has 0 saturated carbocycles. The van der Waals surface area contributed by atoms with Crippen molar-refractivity contribution < 1.29 is 0 Å². The summed E-state index contributed by atoms with van der Waals surface area (Å²) >= 11 is 5.15. The summed E-state index contributed by atoms with van der Waals surface area (Å²) in [6, 6.07) is 8.51. The summed E-state index contributed by atoms with van der Waals surface area (Å²) in [6.07, 6.45) is 0. The zero-order valence-electron chi connectivity index (χ0n) is 12.3. The van der Waals surface area contributed by atoms with Crippen LogP contribution >= 0.6 is 12.2 Å². The Bertz CT molecular complexity index is 614. The normalized spacial score (nSPS) is 10.4. The SMILES string of the molecule is CNC(=S)Nc1c(C)nn(Cc2ccc(C)cc2)c1C. The minimum atomic E-state index is 0.603. The molecule has 2 rings (SSSR count). The summed E-state index contributed by atoms with van der Waals surface area (Å²) in [4.78, 5) is 0. The van der Waals surface area contributed by atoms with E-state index < -0.39 is 0 Å². The van der Waals surface area contributed by atoms with Crippen LogP contribution in [-0.2, 0) is 6.54 Å². The molecule has 2 N–H and O–H groups in total. The zero-order valence-corrected chi connectivity index (χ0v) is 13.1. The van der Waals surface area contributed by atoms with Gasteiger partial charge in [0.15, 0.2) is 5.11 Å². The van der Waals surface area contributed by atoms with E-state index in [0.717, 1.165) is 23.6 Å². The Kier molecular flexibility index (Phi) is 4.39. The van der Waals surface area contributed by atoms with Crippen LogP contribution in [0.25, 0.3) is 0 Å². The van der Waals surface area contributed by atoms with E-state index >= 15 is 0 Å². The highest BCUT2D eigenvalue weighted by atomic mass is 32.1. The van der Waals surface area contributed by atoms with Gasteiger partial charge in [-0.2, -0.15) is 5.10 Å². The van der Waals surface area contributed by atoms with Crippen LogP contribution in [0.2, 0.25) is 0 Å². The van der Waals surface area contributed by atoms with E-state index in [2.05, 4.69) is 53.8 Å². The fourth-order valence-electron chi connectivity index (χ4n) is 2.07. The third kappa shape index (κ3) is 3.17. The zero-order chi connectivity index (χ0) is 14.7. The lowest BCUT2D eigenvalue weighted by Gasteiger charge is -2.08. The van der Waals surface area contributed by atoms with E-state index in [4.69, 9.17) is 12.2 Å². The Morgan fingerprint density at radius 1 is 1.20 bits per heavy atom. The maximum atomic E-state index is 5.15. The highest BCUT2D eigenvalue weighted by Crippen LogP contribution is 2.20. The molecule has 0 radical (unpaired) electrons. The fourth-order valence-corrected chi connectivity index (χ4v) is 2.18. The summed E-state index contributed by atoms with van der Waals surface area (Å²) in [5, 5.41) is 11.3. The number of nitrogens with one attached hydrogen (secondary N) is 2. The second-order valence-electron chi connectivity index (χ2n) is 4.89. The van der Waals surface area contributed by atoms with Crippen LogP contribution < -0.4 is 10.6 Å². The minimum absolute atomic E-state index is 0.603. The monoisotopic (exact) mass is 288 g/mol. The van der Waals surface area contributed by atoms with Gasteiger partial charge in [-0.1, -0.05) is 29.8 Å². The van der Waals surface area contributed by atoms with Gasteiger partial charge in [0.2, 0.25) is 0 Å². The molecule has 0 aliphatic heterocycles. The number of thiocarbonyl (C=S) groups is 1. The molecule has 0 atom stereocenters. The molecule has 2 aromatic rings. The van der Waals surface area contributed by atoms with Crippen molar-refractivity contribution >= 4 is 23.0 Å². The molecule has 0 fully saturated rings. The van der Waals surface area contributed by atoms with Crippen LogP contribution in [-0.4, -0.2) is 21.9 Å². The second-order valence-corrected chi connectivity index (χ2v) is 5.30. The first-order valence-electron chi connectivity index (χ1n) is 6.59. The van der Waals surface area contributed by atoms with Gasteiger partial charge in [-0.3, -0.25) is 4.68 Å². The maximum Gasteiger partial charge on any atom is 0.170 e. The lowest BCUT2D eigenvalue weighted by molar-refractivity contribution is 0.659. The van der Waals surface area contributed by atoms with Crippen molar-refractivity contribution in [3.05, 3.63) is 46.8 Å². The van der Waals surface area contributed by atoms with Crippen LogP contribution in [0.3, 0.4) is 0 Å². The number of hydrogen-bond acceptors (Lipinski definition) is 2. The number of rotatable bonds is 3. The van der Waals surface area contributed by atoms with E-state index in [1.54, 1.807) is 7.05 Å². The summed E-state index contributed by atoms with van der Waals surface area (Å²) in [6.45, 7) is 6.89. The van der Waals surface area contributed by atoms with E-state index in [-0.39, 0.29) is 0 Å². The standard InChI is InChI=1S/C15H20N4S/c1-10-5-7-13(8-6-10)9-19-12(3)14(11(2)18-19)17-15(20)16-4/h5-8H,9H2,1-4H3,(H2,16,17,20). The molecule has 20 heavy (non-hydrogen) atoms. The van der Waals surface area contributed by atoms with Crippen molar-refractivity contribution in [1.82, 2.24) is 15.1 Å². The number of aromatic nitrogens is 2. The smallest absolute Gasteiger partial charge is 0.170 e. The highest BCUT2D eigenvalue weighted by molar-refractivity contribution is 7.80. The van der Waals surface area contributed by atoms with Crippen molar-refractivity contribution in [2.75, 3.05) is 12.4 Å². The van der Waals surface area contributed by atoms with Gasteiger partial charge in [0.25, 0.3) is 0 Å². The van der Waals surface area contributed by atoms with Gasteiger partial charge < -0.3 is 10.6 Å². The first-order valence-corrected chi connectivity index (χ1v) is 7.00. The molecule has 5 heteroatoms. The largest absolute Gasteiger partial charge is 0.366 e. The number of hydrogen-bond donors (Lipinski definition) is 2. The molecule has 0 unspecified atom stereocenters. The topological polar surface area (TPSA) is 41.9 Å². The molecule has 0 amide bonds. The van der Waals surface area contributed by atoms with Crippen molar-refractivity contribution in [2.24, 2.45) is 0 Å². The van der Waals surface area contributed by atoms with Crippen LogP contribution in [0.5, 0.6) is 0 Å². The predicted molar refractivity (Wildman–Crippen MR) is 87.3 cm³/mol. The molecule has 106 valence electrons. The molecule has 4 nitrogen and oxygen atoms in total. The van der Waals surface area contributed by atoms with Crippen molar-refractivity contribution in [1.29, 1.82) is 0 Å². The van der Waals surface area contributed by atoms with E-state index in [1.807, 2.05) is 11.6 Å². The predicted octanol–water partition coefficient (Wildman–Crippen LogP) is 2.77. The third-order valence-corrected chi connectivity index (χ3v) is 3.61. The molecule has 0 bridgehead atoms. The van der Waals surface area contributed by atoms with Crippen LogP contribution in [0.15, 0.2) is 24.3 Å². The van der Waals surface area contributed by atoms with Gasteiger partial charge in [0, 0.05) is 7.05 Å². The Hall–Kier alpha value is -1.88. The van der Waals surface area contributed by atoms with Crippen LogP contribution in [0.1, 0.15) is 22.5 Å². The van der Waals surface area contributed by atoms with Gasteiger partial charge in [-0.25, -0.2) is 0 Å². The average Bonchev–Trinajstić information content (AvgIpc) is 2.69. The number of nitrogens with zero attached hydrogens (tertiary/aromatic N) is 2. The first-order chi connectivity index (χ1) is 9.51. The summed E-state index contributed by atoms with van der Waals surface area (Å²) in [7, 11) is 1.80. The summed E-state index contributed by atoms with van der Waals surface area (Å²) < 4.78 is 2.00. The van der Waals surface area contributed by atoms with Crippen LogP contribution in [0, 0.1) is 20.8 Å². The molecular weight excluding hydrogens is 268 g/mol. The van der Waals surface area contributed by atoms with Gasteiger partial charge >= 0.3 is 0 Å². The summed E-state index contributed by atoms with van der Waals surface area (Å²) in [5.41, 5.74) is 5.53. The number of anilines is 1. The molecule has 0 saturated heterocycles. The second kappa shape index (κ2) is 6.05. The molecule has 0 aliphatic rings. The van der Waals surface area contributed by atoms with E-state index in [0.29, 0.717) is 5.11 Å². The summed E-state index contributed by atoms with van der Waals surface area (Å²) in [5.74, 6) is 0. The number of benzene rings is 1. The third-order valence-electron chi connectivity index (χ3n) is 3.30. The molecule has 0 spiro atoms. The average molecular weight is 288 g/mol. The molecule has 1 aromatic carbocycles. The van der Waals surface area contributed by atoms with Gasteiger partial charge in [-0.15, -0.1) is 0 Å². The van der Waals surface area contributed by atoms with Gasteiger partial charge in [0.1, 0.15) is 0 Å². The van der Waals surface area contributed by atoms with Gasteiger partial charge in [0.05, 0.1) is 23.6 Å². The van der Waals surface area contributed by atoms with Crippen molar-refractivity contribution in [3.8, 4) is 0 Å². The lowest BCUT2D eigenvalue weighted by Crippen LogP contribution is -2.24. The molecular formula is C15H20N4S. The van der Waals surface area contributed by atoms with Crippen LogP contribution in [0.4, 0.5) is 5.69 Å². The Morgan fingerprint density at radius 2 is 1.85 bits per heavy atom. The maximum absolute atomic E-state index is 5.15. The quantitative estimate of drug-likeness (QED) is 0.852. The Balaban J connectivity index is 2.23. The Labute approximate surface area is 125 Å². The Morgan fingerprint density at radius 3 is 2.45 bits per heavy atom. The van der Waals surface area contributed by atoms with E-state index in [9.17, 15) is 0 Å².